The fraction of sp³-hybridized carbons (Fsp3) is 0.364. The normalized spacial score (nSPS) is 13.2. The first-order valence-corrected chi connectivity index (χ1v) is 6.76. The quantitative estimate of drug-likeness (QED) is 0.796. The van der Waals surface area contributed by atoms with Gasteiger partial charge in [0.15, 0.2) is 0 Å². The Bertz CT molecular complexity index is 572. The molecule has 0 aliphatic carbocycles. The van der Waals surface area contributed by atoms with Crippen molar-refractivity contribution in [3.8, 4) is 0 Å². The standard InChI is InChI=1S/C11H14FNO5S/c1-7-3-4-8(12)5-10(7)19(16,17)13-9(6-18-2)11(14)15/h3-5,9,13H,6H2,1-2H3,(H,14,15). The maximum atomic E-state index is 13.1. The molecule has 1 aromatic carbocycles. The molecule has 19 heavy (non-hydrogen) atoms. The Morgan fingerprint density at radius 1 is 1.53 bits per heavy atom. The monoisotopic (exact) mass is 291 g/mol. The molecule has 0 radical (unpaired) electrons. The summed E-state index contributed by atoms with van der Waals surface area (Å²) in [6.07, 6.45) is 0. The van der Waals surface area contributed by atoms with Gasteiger partial charge in [0.1, 0.15) is 11.9 Å². The molecule has 0 aliphatic heterocycles. The SMILES string of the molecule is COCC(NS(=O)(=O)c1cc(F)ccc1C)C(=O)O. The van der Waals surface area contributed by atoms with Gasteiger partial charge in [0.25, 0.3) is 0 Å². The maximum Gasteiger partial charge on any atom is 0.324 e. The first-order chi connectivity index (χ1) is 8.77. The predicted molar refractivity (Wildman–Crippen MR) is 64.8 cm³/mol. The molecule has 106 valence electrons. The molecule has 2 N–H and O–H groups in total. The van der Waals surface area contributed by atoms with E-state index in [2.05, 4.69) is 4.74 Å². The van der Waals surface area contributed by atoms with E-state index in [1.54, 1.807) is 0 Å². The maximum absolute atomic E-state index is 13.1. The number of carboxylic acid groups (broad SMARTS) is 1. The third-order valence-corrected chi connectivity index (χ3v) is 3.98. The summed E-state index contributed by atoms with van der Waals surface area (Å²) < 4.78 is 43.7. The van der Waals surface area contributed by atoms with Gasteiger partial charge < -0.3 is 9.84 Å². The van der Waals surface area contributed by atoms with Crippen LogP contribution >= 0.6 is 0 Å². The van der Waals surface area contributed by atoms with E-state index < -0.39 is 27.9 Å². The lowest BCUT2D eigenvalue weighted by Crippen LogP contribution is -2.43. The van der Waals surface area contributed by atoms with Crippen LogP contribution in [0.2, 0.25) is 0 Å². The first-order valence-electron chi connectivity index (χ1n) is 5.28. The van der Waals surface area contributed by atoms with Crippen LogP contribution in [0.3, 0.4) is 0 Å². The molecular formula is C11H14FNO5S. The average molecular weight is 291 g/mol. The van der Waals surface area contributed by atoms with Crippen molar-refractivity contribution in [3.05, 3.63) is 29.6 Å². The Labute approximate surface area is 110 Å². The van der Waals surface area contributed by atoms with Crippen LogP contribution in [-0.2, 0) is 19.6 Å². The highest BCUT2D eigenvalue weighted by molar-refractivity contribution is 7.89. The summed E-state index contributed by atoms with van der Waals surface area (Å²) in [6, 6.07) is 1.83. The van der Waals surface area contributed by atoms with Crippen molar-refractivity contribution in [2.75, 3.05) is 13.7 Å². The van der Waals surface area contributed by atoms with E-state index in [1.807, 2.05) is 4.72 Å². The molecule has 0 aromatic heterocycles. The fourth-order valence-corrected chi connectivity index (χ4v) is 2.87. The largest absolute Gasteiger partial charge is 0.480 e. The molecular weight excluding hydrogens is 277 g/mol. The van der Waals surface area contributed by atoms with Crippen LogP contribution < -0.4 is 4.72 Å². The third kappa shape index (κ3) is 3.98. The minimum Gasteiger partial charge on any atom is -0.480 e. The fourth-order valence-electron chi connectivity index (χ4n) is 1.44. The zero-order valence-electron chi connectivity index (χ0n) is 10.4. The smallest absolute Gasteiger partial charge is 0.324 e. The number of aryl methyl sites for hydroxylation is 1. The summed E-state index contributed by atoms with van der Waals surface area (Å²) >= 11 is 0. The van der Waals surface area contributed by atoms with Gasteiger partial charge in [-0.1, -0.05) is 6.07 Å². The number of rotatable bonds is 6. The second-order valence-corrected chi connectivity index (χ2v) is 5.56. The molecule has 8 heteroatoms. The van der Waals surface area contributed by atoms with E-state index in [4.69, 9.17) is 5.11 Å². The number of benzene rings is 1. The summed E-state index contributed by atoms with van der Waals surface area (Å²) in [6.45, 7) is 1.16. The van der Waals surface area contributed by atoms with Gasteiger partial charge >= 0.3 is 5.97 Å². The lowest BCUT2D eigenvalue weighted by molar-refractivity contribution is -0.140. The summed E-state index contributed by atoms with van der Waals surface area (Å²) in [5.74, 6) is -2.09. The zero-order valence-corrected chi connectivity index (χ0v) is 11.2. The van der Waals surface area contributed by atoms with Gasteiger partial charge in [-0.25, -0.2) is 12.8 Å². The Balaban J connectivity index is 3.10. The lowest BCUT2D eigenvalue weighted by Gasteiger charge is -2.15. The van der Waals surface area contributed by atoms with E-state index in [-0.39, 0.29) is 11.5 Å². The number of halogens is 1. The number of carboxylic acids is 1. The van der Waals surface area contributed by atoms with Crippen molar-refractivity contribution in [2.45, 2.75) is 17.9 Å². The molecule has 0 saturated carbocycles. The van der Waals surface area contributed by atoms with Gasteiger partial charge in [-0.3, -0.25) is 4.79 Å². The Morgan fingerprint density at radius 3 is 2.68 bits per heavy atom. The number of sulfonamides is 1. The average Bonchev–Trinajstić information content (AvgIpc) is 2.31. The van der Waals surface area contributed by atoms with Crippen LogP contribution in [0, 0.1) is 12.7 Å². The van der Waals surface area contributed by atoms with Crippen molar-refractivity contribution in [2.24, 2.45) is 0 Å². The van der Waals surface area contributed by atoms with Crippen LogP contribution in [0.15, 0.2) is 23.1 Å². The van der Waals surface area contributed by atoms with Crippen molar-refractivity contribution in [3.63, 3.8) is 0 Å². The molecule has 0 spiro atoms. The van der Waals surface area contributed by atoms with Gasteiger partial charge in [0.05, 0.1) is 11.5 Å². The molecule has 0 heterocycles. The van der Waals surface area contributed by atoms with Crippen molar-refractivity contribution < 1.29 is 27.4 Å². The molecule has 1 rings (SSSR count). The minimum absolute atomic E-state index is 0.296. The van der Waals surface area contributed by atoms with Crippen molar-refractivity contribution in [1.82, 2.24) is 4.72 Å². The number of hydrogen-bond donors (Lipinski definition) is 2. The zero-order chi connectivity index (χ0) is 14.6. The van der Waals surface area contributed by atoms with Gasteiger partial charge in [-0.15, -0.1) is 0 Å². The molecule has 0 aliphatic rings. The lowest BCUT2D eigenvalue weighted by atomic mass is 10.2. The molecule has 1 aromatic rings. The van der Waals surface area contributed by atoms with Crippen LogP contribution in [0.4, 0.5) is 4.39 Å². The number of ether oxygens (including phenoxy) is 1. The Morgan fingerprint density at radius 2 is 2.16 bits per heavy atom. The van der Waals surface area contributed by atoms with Crippen molar-refractivity contribution >= 4 is 16.0 Å². The second kappa shape index (κ2) is 6.09. The molecule has 0 saturated heterocycles. The number of carbonyl (C=O) groups is 1. The highest BCUT2D eigenvalue weighted by Gasteiger charge is 2.26. The number of methoxy groups -OCH3 is 1. The Kier molecular flexibility index (Phi) is 4.98. The highest BCUT2D eigenvalue weighted by atomic mass is 32.2. The van der Waals surface area contributed by atoms with Crippen molar-refractivity contribution in [1.29, 1.82) is 0 Å². The van der Waals surface area contributed by atoms with E-state index >= 15 is 0 Å². The third-order valence-electron chi connectivity index (χ3n) is 2.37. The summed E-state index contributed by atoms with van der Waals surface area (Å²) in [7, 11) is -2.88. The van der Waals surface area contributed by atoms with Crippen LogP contribution in [-0.4, -0.2) is 39.3 Å². The minimum atomic E-state index is -4.13. The number of aliphatic carboxylic acids is 1. The van der Waals surface area contributed by atoms with E-state index in [0.29, 0.717) is 5.56 Å². The molecule has 1 atom stereocenters. The topological polar surface area (TPSA) is 92.7 Å². The van der Waals surface area contributed by atoms with Gasteiger partial charge in [-0.2, -0.15) is 4.72 Å². The van der Waals surface area contributed by atoms with E-state index in [0.717, 1.165) is 12.1 Å². The summed E-state index contributed by atoms with van der Waals surface area (Å²) in [5, 5.41) is 8.86. The van der Waals surface area contributed by atoms with Gasteiger partial charge in [0.2, 0.25) is 10.0 Å². The van der Waals surface area contributed by atoms with E-state index in [1.165, 1.54) is 20.1 Å². The molecule has 0 bridgehead atoms. The summed E-state index contributed by atoms with van der Waals surface area (Å²) in [5.41, 5.74) is 0.315. The summed E-state index contributed by atoms with van der Waals surface area (Å²) in [4.78, 5) is 10.6. The van der Waals surface area contributed by atoms with Crippen LogP contribution in [0.5, 0.6) is 0 Å². The van der Waals surface area contributed by atoms with Crippen LogP contribution in [0.25, 0.3) is 0 Å². The molecule has 0 amide bonds. The highest BCUT2D eigenvalue weighted by Crippen LogP contribution is 2.16. The second-order valence-electron chi connectivity index (χ2n) is 3.88. The number of hydrogen-bond acceptors (Lipinski definition) is 4. The molecule has 6 nitrogen and oxygen atoms in total. The Hall–Kier alpha value is -1.51. The number of nitrogens with one attached hydrogen (secondary N) is 1. The van der Waals surface area contributed by atoms with E-state index in [9.17, 15) is 17.6 Å². The van der Waals surface area contributed by atoms with Gasteiger partial charge in [0, 0.05) is 7.11 Å². The predicted octanol–water partition coefficient (Wildman–Crippen LogP) is 0.512. The first kappa shape index (κ1) is 15.5. The molecule has 1 unspecified atom stereocenters. The van der Waals surface area contributed by atoms with Crippen LogP contribution in [0.1, 0.15) is 5.56 Å². The molecule has 0 fully saturated rings. The van der Waals surface area contributed by atoms with Gasteiger partial charge in [-0.05, 0) is 24.6 Å².